The molecule has 0 spiro atoms. The highest BCUT2D eigenvalue weighted by molar-refractivity contribution is 6.28. The standard InChI is InChI=1S/C58H35N5O/c1-4-15-37(16-5-1)53-46-33-32-44-43-23-14-24-47(54(43)63(41-19-8-3-9-20-41)55(44)52(46)45-22-10-12-25-49(45)59-53)58-61-56(38-17-6-2-7-18-38)60-57(62-58)39-29-27-36(28-30-39)40-31-34-51-48(35-40)42-21-11-13-26-50(42)64-51/h1-35H. The first-order valence-electron chi connectivity index (χ1n) is 21.5. The number of para-hydroxylation sites is 4. The Labute approximate surface area is 367 Å². The Morgan fingerprint density at radius 1 is 0.328 bits per heavy atom. The Kier molecular flexibility index (Phi) is 8.11. The van der Waals surface area contributed by atoms with Gasteiger partial charge in [0.25, 0.3) is 0 Å². The van der Waals surface area contributed by atoms with E-state index in [1.165, 1.54) is 0 Å². The molecule has 0 saturated heterocycles. The van der Waals surface area contributed by atoms with Crippen LogP contribution < -0.4 is 0 Å². The molecule has 0 N–H and O–H groups in total. The topological polar surface area (TPSA) is 69.6 Å². The van der Waals surface area contributed by atoms with Gasteiger partial charge in [-0.15, -0.1) is 0 Å². The summed E-state index contributed by atoms with van der Waals surface area (Å²) in [6.07, 6.45) is 0. The number of furan rings is 1. The molecule has 6 nitrogen and oxygen atoms in total. The summed E-state index contributed by atoms with van der Waals surface area (Å²) in [5.41, 5.74) is 12.8. The largest absolute Gasteiger partial charge is 0.456 e. The third-order valence-electron chi connectivity index (χ3n) is 12.4. The van der Waals surface area contributed by atoms with E-state index in [0.29, 0.717) is 17.5 Å². The second-order valence-electron chi connectivity index (χ2n) is 16.2. The highest BCUT2D eigenvalue weighted by Gasteiger charge is 2.23. The first-order chi connectivity index (χ1) is 31.7. The van der Waals surface area contributed by atoms with E-state index >= 15 is 0 Å². The van der Waals surface area contributed by atoms with Crippen LogP contribution in [0.1, 0.15) is 0 Å². The number of hydrogen-bond acceptors (Lipinski definition) is 5. The van der Waals surface area contributed by atoms with Crippen LogP contribution in [0.4, 0.5) is 0 Å². The molecule has 4 heterocycles. The van der Waals surface area contributed by atoms with Gasteiger partial charge in [0.15, 0.2) is 17.5 Å². The van der Waals surface area contributed by atoms with Crippen molar-refractivity contribution in [3.63, 3.8) is 0 Å². The fourth-order valence-electron chi connectivity index (χ4n) is 9.48. The van der Waals surface area contributed by atoms with Crippen LogP contribution in [-0.2, 0) is 0 Å². The van der Waals surface area contributed by atoms with E-state index in [1.54, 1.807) is 0 Å². The molecule has 0 unspecified atom stereocenters. The lowest BCUT2D eigenvalue weighted by atomic mass is 9.97. The fourth-order valence-corrected chi connectivity index (χ4v) is 9.48. The van der Waals surface area contributed by atoms with Crippen molar-refractivity contribution in [3.8, 4) is 62.2 Å². The number of hydrogen-bond donors (Lipinski definition) is 0. The van der Waals surface area contributed by atoms with Gasteiger partial charge in [0.2, 0.25) is 0 Å². The van der Waals surface area contributed by atoms with E-state index in [2.05, 4.69) is 187 Å². The highest BCUT2D eigenvalue weighted by atomic mass is 16.3. The van der Waals surface area contributed by atoms with Crippen LogP contribution >= 0.6 is 0 Å². The smallest absolute Gasteiger partial charge is 0.166 e. The molecule has 0 bridgehead atoms. The molecule has 0 aliphatic rings. The lowest BCUT2D eigenvalue weighted by molar-refractivity contribution is 0.669. The summed E-state index contributed by atoms with van der Waals surface area (Å²) in [5, 5.41) is 7.79. The summed E-state index contributed by atoms with van der Waals surface area (Å²) in [6.45, 7) is 0. The van der Waals surface area contributed by atoms with Crippen LogP contribution in [0, 0.1) is 0 Å². The molecule has 0 fully saturated rings. The normalized spacial score (nSPS) is 11.8. The molecule has 13 rings (SSSR count). The van der Waals surface area contributed by atoms with Gasteiger partial charge in [-0.3, -0.25) is 0 Å². The molecule has 0 aliphatic carbocycles. The molecule has 9 aromatic carbocycles. The minimum absolute atomic E-state index is 0.594. The summed E-state index contributed by atoms with van der Waals surface area (Å²) in [6, 6.07) is 73.8. The molecule has 0 radical (unpaired) electrons. The van der Waals surface area contributed by atoms with E-state index in [1.807, 2.05) is 30.3 Å². The zero-order valence-electron chi connectivity index (χ0n) is 34.4. The first kappa shape index (κ1) is 36.0. The molecular formula is C58H35N5O. The fraction of sp³-hybridized carbons (Fsp3) is 0. The lowest BCUT2D eigenvalue weighted by Crippen LogP contribution is -2.02. The minimum Gasteiger partial charge on any atom is -0.456 e. The average Bonchev–Trinajstić information content (AvgIpc) is 3.92. The Hall–Kier alpha value is -8.74. The number of fused-ring (bicyclic) bond motifs is 10. The van der Waals surface area contributed by atoms with Crippen molar-refractivity contribution in [2.75, 3.05) is 0 Å². The predicted octanol–water partition coefficient (Wildman–Crippen LogP) is 14.9. The van der Waals surface area contributed by atoms with Crippen LogP contribution in [-0.4, -0.2) is 24.5 Å². The van der Waals surface area contributed by atoms with E-state index in [9.17, 15) is 0 Å². The SMILES string of the molecule is c1ccc(-c2nc(-c3ccc(-c4ccc5oc6ccccc6c5c4)cc3)nc(-c3cccc4c5ccc6c(-c7ccccc7)nc7ccccc7c6c5n(-c5ccccc5)c34)n2)cc1. The molecule has 13 aromatic rings. The highest BCUT2D eigenvalue weighted by Crippen LogP contribution is 2.44. The molecule has 0 atom stereocenters. The van der Waals surface area contributed by atoms with Crippen molar-refractivity contribution in [3.05, 3.63) is 212 Å². The second kappa shape index (κ2) is 14.4. The molecule has 0 aliphatic heterocycles. The van der Waals surface area contributed by atoms with Crippen molar-refractivity contribution in [2.45, 2.75) is 0 Å². The zero-order valence-corrected chi connectivity index (χ0v) is 34.4. The molecular weight excluding hydrogens is 783 g/mol. The Morgan fingerprint density at radius 3 is 1.67 bits per heavy atom. The summed E-state index contributed by atoms with van der Waals surface area (Å²) in [5.74, 6) is 1.80. The van der Waals surface area contributed by atoms with Gasteiger partial charge >= 0.3 is 0 Å². The van der Waals surface area contributed by atoms with E-state index in [0.717, 1.165) is 110 Å². The second-order valence-corrected chi connectivity index (χ2v) is 16.2. The number of nitrogens with zero attached hydrogens (tertiary/aromatic N) is 5. The molecule has 298 valence electrons. The molecule has 4 aromatic heterocycles. The van der Waals surface area contributed by atoms with Crippen molar-refractivity contribution in [1.29, 1.82) is 0 Å². The molecule has 0 amide bonds. The summed E-state index contributed by atoms with van der Waals surface area (Å²) in [7, 11) is 0. The average molecular weight is 818 g/mol. The Balaban J connectivity index is 1.05. The van der Waals surface area contributed by atoms with Gasteiger partial charge in [-0.1, -0.05) is 170 Å². The summed E-state index contributed by atoms with van der Waals surface area (Å²) < 4.78 is 8.53. The Bertz CT molecular complexity index is 3930. The number of rotatable bonds is 6. The van der Waals surface area contributed by atoms with Crippen molar-refractivity contribution >= 4 is 65.4 Å². The third kappa shape index (κ3) is 5.73. The van der Waals surface area contributed by atoms with Crippen LogP contribution in [0.25, 0.3) is 128 Å². The van der Waals surface area contributed by atoms with Crippen LogP contribution in [0.3, 0.4) is 0 Å². The van der Waals surface area contributed by atoms with Crippen LogP contribution in [0.5, 0.6) is 0 Å². The van der Waals surface area contributed by atoms with Gasteiger partial charge in [-0.25, -0.2) is 19.9 Å². The predicted molar refractivity (Wildman–Crippen MR) is 261 cm³/mol. The molecule has 0 saturated carbocycles. The minimum atomic E-state index is 0.594. The van der Waals surface area contributed by atoms with E-state index in [-0.39, 0.29) is 0 Å². The van der Waals surface area contributed by atoms with Gasteiger partial charge < -0.3 is 8.98 Å². The van der Waals surface area contributed by atoms with E-state index in [4.69, 9.17) is 24.4 Å². The first-order valence-corrected chi connectivity index (χ1v) is 21.5. The van der Waals surface area contributed by atoms with Gasteiger partial charge in [-0.2, -0.15) is 0 Å². The van der Waals surface area contributed by atoms with Gasteiger partial charge in [-0.05, 0) is 53.6 Å². The van der Waals surface area contributed by atoms with Gasteiger partial charge in [0.05, 0.1) is 22.2 Å². The summed E-state index contributed by atoms with van der Waals surface area (Å²) >= 11 is 0. The van der Waals surface area contributed by atoms with E-state index < -0.39 is 0 Å². The zero-order chi connectivity index (χ0) is 42.1. The number of benzene rings is 9. The number of pyridine rings is 1. The lowest BCUT2D eigenvalue weighted by Gasteiger charge is -2.15. The maximum atomic E-state index is 6.12. The van der Waals surface area contributed by atoms with Crippen molar-refractivity contribution < 1.29 is 4.42 Å². The van der Waals surface area contributed by atoms with Crippen molar-refractivity contribution in [2.24, 2.45) is 0 Å². The maximum absolute atomic E-state index is 6.12. The van der Waals surface area contributed by atoms with Crippen LogP contribution in [0.15, 0.2) is 217 Å². The third-order valence-corrected chi connectivity index (χ3v) is 12.4. The maximum Gasteiger partial charge on any atom is 0.166 e. The van der Waals surface area contributed by atoms with Crippen LogP contribution in [0.2, 0.25) is 0 Å². The molecule has 64 heavy (non-hydrogen) atoms. The van der Waals surface area contributed by atoms with Crippen molar-refractivity contribution in [1.82, 2.24) is 24.5 Å². The summed E-state index contributed by atoms with van der Waals surface area (Å²) in [4.78, 5) is 21.0. The van der Waals surface area contributed by atoms with Gasteiger partial charge in [0, 0.05) is 65.6 Å². The quantitative estimate of drug-likeness (QED) is 0.156. The molecule has 6 heteroatoms. The Morgan fingerprint density at radius 2 is 0.891 bits per heavy atom. The number of aromatic nitrogens is 5. The van der Waals surface area contributed by atoms with Gasteiger partial charge in [0.1, 0.15) is 11.2 Å². The monoisotopic (exact) mass is 817 g/mol.